The average molecular weight is 373 g/mol. The summed E-state index contributed by atoms with van der Waals surface area (Å²) in [6, 6.07) is 5.57. The number of carbonyl (C=O) groups is 2. The summed E-state index contributed by atoms with van der Waals surface area (Å²) in [7, 11) is 0. The van der Waals surface area contributed by atoms with Crippen molar-refractivity contribution in [2.24, 2.45) is 5.92 Å². The van der Waals surface area contributed by atoms with Crippen LogP contribution in [0.25, 0.3) is 10.9 Å². The monoisotopic (exact) mass is 372 g/mol. The van der Waals surface area contributed by atoms with Gasteiger partial charge < -0.3 is 15.5 Å². The van der Waals surface area contributed by atoms with E-state index in [1.54, 1.807) is 12.3 Å². The summed E-state index contributed by atoms with van der Waals surface area (Å²) < 4.78 is 0. The summed E-state index contributed by atoms with van der Waals surface area (Å²) in [6.07, 6.45) is 2.71. The molecule has 2 N–H and O–H groups in total. The zero-order valence-electron chi connectivity index (χ0n) is 14.8. The van der Waals surface area contributed by atoms with E-state index in [9.17, 15) is 9.59 Å². The Morgan fingerprint density at radius 2 is 2.15 bits per heavy atom. The van der Waals surface area contributed by atoms with E-state index >= 15 is 0 Å². The number of amides is 2. The fourth-order valence-corrected chi connectivity index (χ4v) is 3.82. The molecule has 3 atom stereocenters. The zero-order valence-corrected chi connectivity index (χ0v) is 15.5. The molecule has 2 fully saturated rings. The maximum Gasteiger partial charge on any atom is 0.253 e. The topological polar surface area (TPSA) is 74.3 Å². The van der Waals surface area contributed by atoms with Gasteiger partial charge in [0.05, 0.1) is 21.8 Å². The third-order valence-corrected chi connectivity index (χ3v) is 5.68. The minimum absolute atomic E-state index is 0.0652. The number of carbonyl (C=O) groups excluding carboxylic acids is 2. The van der Waals surface area contributed by atoms with Crippen LogP contribution >= 0.6 is 11.6 Å². The SMILES string of the molecule is C[C@@H]1CNC(=O)[C@H]1NC(=O)c1cnc2cc(N3CC[C@@H]3C)c(Cl)cc2c1. The van der Waals surface area contributed by atoms with Crippen LogP contribution < -0.4 is 15.5 Å². The number of pyridine rings is 1. The van der Waals surface area contributed by atoms with Crippen molar-refractivity contribution in [2.45, 2.75) is 32.4 Å². The Kier molecular flexibility index (Phi) is 4.23. The number of halogens is 1. The summed E-state index contributed by atoms with van der Waals surface area (Å²) in [4.78, 5) is 31.0. The number of nitrogens with zero attached hydrogens (tertiary/aromatic N) is 2. The van der Waals surface area contributed by atoms with Crippen LogP contribution in [0.15, 0.2) is 24.4 Å². The van der Waals surface area contributed by atoms with Gasteiger partial charge in [0.25, 0.3) is 5.91 Å². The molecular formula is C19H21ClN4O2. The molecule has 0 radical (unpaired) electrons. The first-order chi connectivity index (χ1) is 12.4. The lowest BCUT2D eigenvalue weighted by molar-refractivity contribution is -0.121. The third kappa shape index (κ3) is 2.88. The van der Waals surface area contributed by atoms with Crippen molar-refractivity contribution in [3.63, 3.8) is 0 Å². The molecule has 1 aromatic heterocycles. The lowest BCUT2D eigenvalue weighted by atomic mass is 10.0. The van der Waals surface area contributed by atoms with Crippen molar-refractivity contribution in [1.29, 1.82) is 0 Å². The van der Waals surface area contributed by atoms with Crippen LogP contribution in [0.5, 0.6) is 0 Å². The Morgan fingerprint density at radius 1 is 1.35 bits per heavy atom. The second-order valence-electron chi connectivity index (χ2n) is 7.22. The first kappa shape index (κ1) is 17.1. The third-order valence-electron chi connectivity index (χ3n) is 5.38. The van der Waals surface area contributed by atoms with Gasteiger partial charge in [0.1, 0.15) is 6.04 Å². The lowest BCUT2D eigenvalue weighted by Gasteiger charge is -2.41. The van der Waals surface area contributed by atoms with E-state index in [0.717, 1.165) is 29.6 Å². The van der Waals surface area contributed by atoms with E-state index in [1.807, 2.05) is 19.1 Å². The molecule has 26 heavy (non-hydrogen) atoms. The largest absolute Gasteiger partial charge is 0.367 e. The fourth-order valence-electron chi connectivity index (χ4n) is 3.54. The van der Waals surface area contributed by atoms with Crippen LogP contribution in [0, 0.1) is 5.92 Å². The van der Waals surface area contributed by atoms with E-state index in [0.29, 0.717) is 23.2 Å². The van der Waals surface area contributed by atoms with Crippen LogP contribution in [0.1, 0.15) is 30.6 Å². The molecule has 2 aliphatic heterocycles. The number of fused-ring (bicyclic) bond motifs is 1. The number of aromatic nitrogens is 1. The number of nitrogens with one attached hydrogen (secondary N) is 2. The van der Waals surface area contributed by atoms with Crippen LogP contribution in [0.2, 0.25) is 5.02 Å². The standard InChI is InChI=1S/C19H21ClN4O2/c1-10-8-22-19(26)17(10)23-18(25)13-5-12-6-14(20)16(7-15(12)21-9-13)24-4-3-11(24)2/h5-7,9-11,17H,3-4,8H2,1-2H3,(H,22,26)(H,23,25)/t10-,11+,17+/m1/s1. The van der Waals surface area contributed by atoms with E-state index in [2.05, 4.69) is 27.4 Å². The van der Waals surface area contributed by atoms with Crippen molar-refractivity contribution >= 4 is 40.0 Å². The van der Waals surface area contributed by atoms with Crippen molar-refractivity contribution in [1.82, 2.24) is 15.6 Å². The summed E-state index contributed by atoms with van der Waals surface area (Å²) in [5.41, 5.74) is 2.21. The first-order valence-electron chi connectivity index (χ1n) is 8.88. The van der Waals surface area contributed by atoms with Crippen LogP contribution in [0.4, 0.5) is 5.69 Å². The normalized spacial score (nSPS) is 25.1. The van der Waals surface area contributed by atoms with Gasteiger partial charge >= 0.3 is 0 Å². The van der Waals surface area contributed by atoms with Crippen LogP contribution in [-0.4, -0.2) is 42.0 Å². The predicted octanol–water partition coefficient (Wildman–Crippen LogP) is 2.35. The molecule has 0 spiro atoms. The van der Waals surface area contributed by atoms with Crippen LogP contribution in [-0.2, 0) is 4.79 Å². The Hall–Kier alpha value is -2.34. The minimum atomic E-state index is -0.503. The van der Waals surface area contributed by atoms with Gasteiger partial charge in [-0.15, -0.1) is 0 Å². The van der Waals surface area contributed by atoms with Crippen molar-refractivity contribution in [3.05, 3.63) is 35.0 Å². The number of hydrogen-bond acceptors (Lipinski definition) is 4. The fraction of sp³-hybridized carbons (Fsp3) is 0.421. The summed E-state index contributed by atoms with van der Waals surface area (Å²) in [5.74, 6) is -0.379. The molecule has 4 rings (SSSR count). The second kappa shape index (κ2) is 6.43. The highest BCUT2D eigenvalue weighted by Crippen LogP contribution is 2.35. The molecule has 7 heteroatoms. The highest BCUT2D eigenvalue weighted by molar-refractivity contribution is 6.34. The molecule has 1 aromatic carbocycles. The van der Waals surface area contributed by atoms with Gasteiger partial charge in [-0.05, 0) is 31.5 Å². The molecule has 2 aliphatic rings. The molecule has 6 nitrogen and oxygen atoms in total. The maximum absolute atomic E-state index is 12.5. The second-order valence-corrected chi connectivity index (χ2v) is 7.63. The highest BCUT2D eigenvalue weighted by Gasteiger charge is 2.33. The minimum Gasteiger partial charge on any atom is -0.367 e. The van der Waals surface area contributed by atoms with Gasteiger partial charge in [-0.25, -0.2) is 0 Å². The number of hydrogen-bond donors (Lipinski definition) is 2. The Bertz CT molecular complexity index is 900. The van der Waals surface area contributed by atoms with E-state index in [1.165, 1.54) is 0 Å². The molecule has 0 saturated carbocycles. The summed E-state index contributed by atoms with van der Waals surface area (Å²) >= 11 is 6.46. The smallest absolute Gasteiger partial charge is 0.253 e. The Labute approximate surface area is 156 Å². The molecule has 2 saturated heterocycles. The van der Waals surface area contributed by atoms with Crippen molar-refractivity contribution < 1.29 is 9.59 Å². The molecule has 2 amide bonds. The summed E-state index contributed by atoms with van der Waals surface area (Å²) in [6.45, 7) is 5.67. The molecule has 136 valence electrons. The van der Waals surface area contributed by atoms with Crippen molar-refractivity contribution in [2.75, 3.05) is 18.0 Å². The van der Waals surface area contributed by atoms with Crippen LogP contribution in [0.3, 0.4) is 0 Å². The van der Waals surface area contributed by atoms with Crippen molar-refractivity contribution in [3.8, 4) is 0 Å². The molecule has 0 unspecified atom stereocenters. The number of anilines is 1. The summed E-state index contributed by atoms with van der Waals surface area (Å²) in [5, 5.41) is 7.02. The molecule has 2 aromatic rings. The van der Waals surface area contributed by atoms with Gasteiger partial charge in [-0.1, -0.05) is 18.5 Å². The average Bonchev–Trinajstić information content (AvgIpc) is 2.92. The predicted molar refractivity (Wildman–Crippen MR) is 102 cm³/mol. The van der Waals surface area contributed by atoms with Gasteiger partial charge in [0.15, 0.2) is 0 Å². The van der Waals surface area contributed by atoms with E-state index in [4.69, 9.17) is 11.6 Å². The van der Waals surface area contributed by atoms with Gasteiger partial charge in [0, 0.05) is 36.6 Å². The molecule has 0 bridgehead atoms. The Balaban J connectivity index is 1.60. The molecular weight excluding hydrogens is 352 g/mol. The number of benzene rings is 1. The lowest BCUT2D eigenvalue weighted by Crippen LogP contribution is -2.45. The van der Waals surface area contributed by atoms with E-state index in [-0.39, 0.29) is 17.7 Å². The van der Waals surface area contributed by atoms with Gasteiger partial charge in [-0.3, -0.25) is 14.6 Å². The van der Waals surface area contributed by atoms with Gasteiger partial charge in [-0.2, -0.15) is 0 Å². The zero-order chi connectivity index (χ0) is 18.4. The first-order valence-corrected chi connectivity index (χ1v) is 9.26. The number of rotatable bonds is 3. The highest BCUT2D eigenvalue weighted by atomic mass is 35.5. The Morgan fingerprint density at radius 3 is 2.77 bits per heavy atom. The molecule has 3 heterocycles. The quantitative estimate of drug-likeness (QED) is 0.867. The maximum atomic E-state index is 12.5. The van der Waals surface area contributed by atoms with E-state index < -0.39 is 6.04 Å². The molecule has 0 aliphatic carbocycles. The van der Waals surface area contributed by atoms with Gasteiger partial charge in [0.2, 0.25) is 5.91 Å².